The van der Waals surface area contributed by atoms with Gasteiger partial charge in [0.25, 0.3) is 5.91 Å². The summed E-state index contributed by atoms with van der Waals surface area (Å²) in [4.78, 5) is 22.8. The second kappa shape index (κ2) is 13.1. The number of aryl methyl sites for hydroxylation is 2. The Hall–Kier alpha value is -3.71. The van der Waals surface area contributed by atoms with Gasteiger partial charge in [0.15, 0.2) is 0 Å². The van der Waals surface area contributed by atoms with Crippen LogP contribution in [0.3, 0.4) is 0 Å². The number of hydrogen-bond acceptors (Lipinski definition) is 5. The van der Waals surface area contributed by atoms with Gasteiger partial charge in [-0.25, -0.2) is 4.98 Å². The van der Waals surface area contributed by atoms with Gasteiger partial charge in [-0.1, -0.05) is 30.7 Å². The molecule has 1 aliphatic rings. The number of carbonyl (C=O) groups is 1. The molecule has 4 aromatic rings. The number of benzene rings is 1. The van der Waals surface area contributed by atoms with E-state index in [0.717, 1.165) is 77.7 Å². The highest BCUT2D eigenvalue weighted by Crippen LogP contribution is 2.32. The standard InChI is InChI=1S/C33H38N4O2S/c1-4-27-20-26(15-18-34-27)33-36-30(22-40-33)31-21-29(32(38)35-17-14-24-8-6-5-7-9-24)23(2)37(31)19-16-25-10-12-28(39-3)13-11-25/h8,10-13,15,18,20-22H,4-7,9,14,16-17,19H2,1-3H3,(H,35,38). The summed E-state index contributed by atoms with van der Waals surface area (Å²) in [6, 6.07) is 14.3. The molecule has 6 nitrogen and oxygen atoms in total. The predicted molar refractivity (Wildman–Crippen MR) is 163 cm³/mol. The molecule has 0 unspecified atom stereocenters. The van der Waals surface area contributed by atoms with Crippen LogP contribution in [0.25, 0.3) is 22.0 Å². The molecule has 208 valence electrons. The first-order chi connectivity index (χ1) is 19.6. The van der Waals surface area contributed by atoms with Gasteiger partial charge < -0.3 is 14.6 Å². The smallest absolute Gasteiger partial charge is 0.253 e. The number of rotatable bonds is 11. The Kier molecular flexibility index (Phi) is 9.12. The first-order valence-corrected chi connectivity index (χ1v) is 15.1. The van der Waals surface area contributed by atoms with Gasteiger partial charge in [-0.15, -0.1) is 11.3 Å². The van der Waals surface area contributed by atoms with E-state index < -0.39 is 0 Å². The molecule has 1 amide bonds. The van der Waals surface area contributed by atoms with E-state index in [9.17, 15) is 4.79 Å². The van der Waals surface area contributed by atoms with E-state index in [0.29, 0.717) is 12.1 Å². The molecule has 7 heteroatoms. The van der Waals surface area contributed by atoms with Gasteiger partial charge in [-0.05, 0) is 87.8 Å². The maximum absolute atomic E-state index is 13.4. The molecule has 3 heterocycles. The fraction of sp³-hybridized carbons (Fsp3) is 0.364. The SMILES string of the molecule is CCc1cc(-c2nc(-c3cc(C(=O)NCCC4=CCCCC4)c(C)n3CCc3ccc(OC)cc3)cs2)ccn1. The second-order valence-electron chi connectivity index (χ2n) is 10.3. The zero-order chi connectivity index (χ0) is 27.9. The summed E-state index contributed by atoms with van der Waals surface area (Å²) in [7, 11) is 1.68. The van der Waals surface area contributed by atoms with E-state index in [2.05, 4.69) is 51.4 Å². The third-order valence-corrected chi connectivity index (χ3v) is 8.59. The maximum Gasteiger partial charge on any atom is 0.253 e. The van der Waals surface area contributed by atoms with Crippen molar-refractivity contribution >= 4 is 17.2 Å². The minimum atomic E-state index is -0.0180. The van der Waals surface area contributed by atoms with Gasteiger partial charge in [-0.3, -0.25) is 9.78 Å². The van der Waals surface area contributed by atoms with Crippen molar-refractivity contribution in [1.82, 2.24) is 19.9 Å². The van der Waals surface area contributed by atoms with Gasteiger partial charge in [-0.2, -0.15) is 0 Å². The highest BCUT2D eigenvalue weighted by molar-refractivity contribution is 7.13. The Labute approximate surface area is 241 Å². The fourth-order valence-electron chi connectivity index (χ4n) is 5.30. The van der Waals surface area contributed by atoms with Crippen LogP contribution in [0.1, 0.15) is 66.3 Å². The molecule has 0 saturated heterocycles. The predicted octanol–water partition coefficient (Wildman–Crippen LogP) is 7.42. The number of methoxy groups -OCH3 is 1. The molecule has 0 atom stereocenters. The van der Waals surface area contributed by atoms with Crippen LogP contribution in [0.4, 0.5) is 0 Å². The van der Waals surface area contributed by atoms with Crippen molar-refractivity contribution in [2.75, 3.05) is 13.7 Å². The zero-order valence-corrected chi connectivity index (χ0v) is 24.5. The molecule has 0 fully saturated rings. The maximum atomic E-state index is 13.4. The minimum absolute atomic E-state index is 0.0180. The second-order valence-corrected chi connectivity index (χ2v) is 11.2. The summed E-state index contributed by atoms with van der Waals surface area (Å²) in [5.74, 6) is 0.831. The minimum Gasteiger partial charge on any atom is -0.497 e. The highest BCUT2D eigenvalue weighted by Gasteiger charge is 2.21. The summed E-state index contributed by atoms with van der Waals surface area (Å²) in [5.41, 5.74) is 8.35. The summed E-state index contributed by atoms with van der Waals surface area (Å²) in [6.45, 7) is 5.56. The van der Waals surface area contributed by atoms with Gasteiger partial charge >= 0.3 is 0 Å². The van der Waals surface area contributed by atoms with Crippen LogP contribution < -0.4 is 10.1 Å². The van der Waals surface area contributed by atoms with Crippen molar-refractivity contribution in [2.24, 2.45) is 0 Å². The van der Waals surface area contributed by atoms with Crippen molar-refractivity contribution in [3.05, 3.63) is 88.2 Å². The van der Waals surface area contributed by atoms with Crippen LogP contribution in [0, 0.1) is 6.92 Å². The average molecular weight is 555 g/mol. The van der Waals surface area contributed by atoms with Crippen molar-refractivity contribution in [2.45, 2.75) is 65.3 Å². The molecule has 0 aliphatic heterocycles. The number of nitrogens with zero attached hydrogens (tertiary/aromatic N) is 3. The van der Waals surface area contributed by atoms with Crippen LogP contribution in [0.15, 0.2) is 65.7 Å². The highest BCUT2D eigenvalue weighted by atomic mass is 32.1. The molecule has 1 aliphatic carbocycles. The van der Waals surface area contributed by atoms with Crippen molar-refractivity contribution in [1.29, 1.82) is 0 Å². The molecule has 0 radical (unpaired) electrons. The van der Waals surface area contributed by atoms with Gasteiger partial charge in [0.05, 0.1) is 24.1 Å². The van der Waals surface area contributed by atoms with Crippen molar-refractivity contribution in [3.8, 4) is 27.7 Å². The Balaban J connectivity index is 1.40. The lowest BCUT2D eigenvalue weighted by Gasteiger charge is -2.13. The van der Waals surface area contributed by atoms with Gasteiger partial charge in [0.1, 0.15) is 10.8 Å². The van der Waals surface area contributed by atoms with Crippen molar-refractivity contribution < 1.29 is 9.53 Å². The lowest BCUT2D eigenvalue weighted by Crippen LogP contribution is -2.25. The first kappa shape index (κ1) is 27.8. The number of aromatic nitrogens is 3. The van der Waals surface area contributed by atoms with Crippen LogP contribution in [-0.2, 0) is 19.4 Å². The number of carbonyl (C=O) groups excluding carboxylic acids is 1. The number of ether oxygens (including phenoxy) is 1. The molecule has 1 aromatic carbocycles. The van der Waals surface area contributed by atoms with E-state index >= 15 is 0 Å². The normalized spacial score (nSPS) is 13.2. The number of pyridine rings is 1. The third kappa shape index (κ3) is 6.53. The van der Waals surface area contributed by atoms with Crippen LogP contribution in [-0.4, -0.2) is 34.1 Å². The molecule has 1 N–H and O–H groups in total. The molecule has 3 aromatic heterocycles. The Morgan fingerprint density at radius 3 is 2.73 bits per heavy atom. The Morgan fingerprint density at radius 2 is 1.98 bits per heavy atom. The zero-order valence-electron chi connectivity index (χ0n) is 23.7. The lowest BCUT2D eigenvalue weighted by molar-refractivity contribution is 0.0953. The van der Waals surface area contributed by atoms with Crippen LogP contribution in [0.5, 0.6) is 5.75 Å². The number of amides is 1. The number of allylic oxidation sites excluding steroid dienone is 1. The average Bonchev–Trinajstić information content (AvgIpc) is 3.62. The molecule has 0 spiro atoms. The van der Waals surface area contributed by atoms with E-state index in [1.165, 1.54) is 24.0 Å². The lowest BCUT2D eigenvalue weighted by atomic mass is 9.97. The third-order valence-electron chi connectivity index (χ3n) is 7.70. The molecule has 40 heavy (non-hydrogen) atoms. The molecule has 5 rings (SSSR count). The Bertz CT molecular complexity index is 1480. The Morgan fingerprint density at radius 1 is 1.12 bits per heavy atom. The molecular formula is C33H38N4O2S. The van der Waals surface area contributed by atoms with E-state index in [4.69, 9.17) is 9.72 Å². The summed E-state index contributed by atoms with van der Waals surface area (Å²) < 4.78 is 7.56. The molecule has 0 saturated carbocycles. The number of thiazole rings is 1. The fourth-order valence-corrected chi connectivity index (χ4v) is 6.11. The quantitative estimate of drug-likeness (QED) is 0.196. The van der Waals surface area contributed by atoms with Crippen LogP contribution >= 0.6 is 11.3 Å². The monoisotopic (exact) mass is 554 g/mol. The largest absolute Gasteiger partial charge is 0.497 e. The van der Waals surface area contributed by atoms with Gasteiger partial charge in [0.2, 0.25) is 0 Å². The molecular weight excluding hydrogens is 516 g/mol. The summed E-state index contributed by atoms with van der Waals surface area (Å²) >= 11 is 1.62. The number of hydrogen-bond donors (Lipinski definition) is 1. The number of nitrogens with one attached hydrogen (secondary N) is 1. The first-order valence-electron chi connectivity index (χ1n) is 14.3. The van der Waals surface area contributed by atoms with E-state index in [-0.39, 0.29) is 5.91 Å². The van der Waals surface area contributed by atoms with Crippen LogP contribution in [0.2, 0.25) is 0 Å². The topological polar surface area (TPSA) is 69.0 Å². The molecule has 0 bridgehead atoms. The van der Waals surface area contributed by atoms with E-state index in [1.54, 1.807) is 18.4 Å². The van der Waals surface area contributed by atoms with E-state index in [1.807, 2.05) is 37.4 Å². The van der Waals surface area contributed by atoms with Crippen molar-refractivity contribution in [3.63, 3.8) is 0 Å². The summed E-state index contributed by atoms with van der Waals surface area (Å²) in [6.07, 6.45) is 11.7. The summed E-state index contributed by atoms with van der Waals surface area (Å²) in [5, 5.41) is 6.23. The van der Waals surface area contributed by atoms with Gasteiger partial charge in [0, 0.05) is 41.6 Å².